The van der Waals surface area contributed by atoms with Gasteiger partial charge in [0.1, 0.15) is 10.6 Å². The maximum atomic E-state index is 12.3. The zero-order valence-electron chi connectivity index (χ0n) is 12.9. The Morgan fingerprint density at radius 1 is 1.42 bits per heavy atom. The SMILES string of the molecule is Cn1cc(S(N)(=O)=O)cc1C(=O)/N=C/C1CCc2cc(Cl)ccc21. The van der Waals surface area contributed by atoms with Crippen LogP contribution < -0.4 is 5.14 Å². The van der Waals surface area contributed by atoms with E-state index in [2.05, 4.69) is 4.99 Å². The molecule has 1 aliphatic rings. The molecular formula is C16H16ClN3O3S. The zero-order valence-corrected chi connectivity index (χ0v) is 14.5. The highest BCUT2D eigenvalue weighted by Crippen LogP contribution is 2.33. The molecule has 2 N–H and O–H groups in total. The number of hydrogen-bond donors (Lipinski definition) is 1. The Bertz CT molecular complexity index is 947. The normalized spacial score (nSPS) is 17.4. The van der Waals surface area contributed by atoms with Gasteiger partial charge in [0.25, 0.3) is 5.91 Å². The molecule has 1 amide bonds. The summed E-state index contributed by atoms with van der Waals surface area (Å²) in [7, 11) is -2.28. The van der Waals surface area contributed by atoms with E-state index < -0.39 is 15.9 Å². The van der Waals surface area contributed by atoms with Crippen molar-refractivity contribution < 1.29 is 13.2 Å². The van der Waals surface area contributed by atoms with Crippen molar-refractivity contribution in [3.05, 3.63) is 52.3 Å². The number of nitrogens with two attached hydrogens (primary N) is 1. The summed E-state index contributed by atoms with van der Waals surface area (Å²) >= 11 is 5.99. The van der Waals surface area contributed by atoms with Crippen LogP contribution in [0.5, 0.6) is 0 Å². The van der Waals surface area contributed by atoms with Gasteiger partial charge in [-0.05, 0) is 42.2 Å². The summed E-state index contributed by atoms with van der Waals surface area (Å²) in [6.07, 6.45) is 4.67. The molecule has 2 aromatic rings. The number of nitrogens with zero attached hydrogens (tertiary/aromatic N) is 2. The third-order valence-electron chi connectivity index (χ3n) is 4.13. The fourth-order valence-corrected chi connectivity index (χ4v) is 3.68. The first kappa shape index (κ1) is 16.9. The van der Waals surface area contributed by atoms with Crippen LogP contribution in [0.4, 0.5) is 0 Å². The summed E-state index contributed by atoms with van der Waals surface area (Å²) in [5.74, 6) is -0.450. The molecule has 0 bridgehead atoms. The van der Waals surface area contributed by atoms with Crippen LogP contribution in [0.2, 0.25) is 5.02 Å². The number of hydrogen-bond acceptors (Lipinski definition) is 3. The lowest BCUT2D eigenvalue weighted by Crippen LogP contribution is -2.11. The summed E-state index contributed by atoms with van der Waals surface area (Å²) in [4.78, 5) is 16.1. The van der Waals surface area contributed by atoms with E-state index >= 15 is 0 Å². The number of carbonyl (C=O) groups excluding carboxylic acids is 1. The lowest BCUT2D eigenvalue weighted by atomic mass is 10.0. The van der Waals surface area contributed by atoms with Crippen LogP contribution in [-0.4, -0.2) is 25.1 Å². The molecule has 0 fully saturated rings. The summed E-state index contributed by atoms with van der Waals surface area (Å²) in [6, 6.07) is 6.94. The third-order valence-corrected chi connectivity index (χ3v) is 5.24. The molecular weight excluding hydrogens is 350 g/mol. The molecule has 1 heterocycles. The number of primary sulfonamides is 1. The van der Waals surface area contributed by atoms with Crippen LogP contribution in [0.15, 0.2) is 40.4 Å². The number of aromatic nitrogens is 1. The Hall–Kier alpha value is -1.96. The molecule has 1 aromatic carbocycles. The molecule has 1 atom stereocenters. The zero-order chi connectivity index (χ0) is 17.5. The van der Waals surface area contributed by atoms with Crippen molar-refractivity contribution in [3.8, 4) is 0 Å². The second-order valence-electron chi connectivity index (χ2n) is 5.79. The Balaban J connectivity index is 1.82. The highest BCUT2D eigenvalue weighted by atomic mass is 35.5. The summed E-state index contributed by atoms with van der Waals surface area (Å²) in [5.41, 5.74) is 2.46. The number of aryl methyl sites for hydroxylation is 2. The number of rotatable bonds is 3. The third kappa shape index (κ3) is 3.28. The van der Waals surface area contributed by atoms with Crippen LogP contribution in [0.25, 0.3) is 0 Å². The Kier molecular flexibility index (Phi) is 4.33. The molecule has 1 aromatic heterocycles. The van der Waals surface area contributed by atoms with Crippen LogP contribution >= 0.6 is 11.6 Å². The molecule has 0 saturated carbocycles. The molecule has 1 aliphatic carbocycles. The lowest BCUT2D eigenvalue weighted by molar-refractivity contribution is 0.0995. The lowest BCUT2D eigenvalue weighted by Gasteiger charge is -2.05. The Morgan fingerprint density at radius 3 is 2.83 bits per heavy atom. The van der Waals surface area contributed by atoms with Crippen LogP contribution in [0.3, 0.4) is 0 Å². The molecule has 6 nitrogen and oxygen atoms in total. The van der Waals surface area contributed by atoms with Crippen molar-refractivity contribution >= 4 is 33.7 Å². The molecule has 3 rings (SSSR count). The van der Waals surface area contributed by atoms with Gasteiger partial charge in [0, 0.05) is 30.4 Å². The summed E-state index contributed by atoms with van der Waals surface area (Å²) < 4.78 is 24.1. The fourth-order valence-electron chi connectivity index (χ4n) is 2.90. The van der Waals surface area contributed by atoms with E-state index in [1.165, 1.54) is 22.4 Å². The smallest absolute Gasteiger partial charge is 0.293 e. The van der Waals surface area contributed by atoms with E-state index in [-0.39, 0.29) is 16.5 Å². The highest BCUT2D eigenvalue weighted by Gasteiger charge is 2.22. The topological polar surface area (TPSA) is 94.5 Å². The largest absolute Gasteiger partial charge is 0.345 e. The van der Waals surface area contributed by atoms with Gasteiger partial charge in [0.05, 0.1) is 0 Å². The maximum Gasteiger partial charge on any atom is 0.293 e. The molecule has 0 spiro atoms. The van der Waals surface area contributed by atoms with E-state index in [9.17, 15) is 13.2 Å². The minimum absolute atomic E-state index is 0.0548. The first-order chi connectivity index (χ1) is 11.3. The number of benzene rings is 1. The minimum Gasteiger partial charge on any atom is -0.345 e. The van der Waals surface area contributed by atoms with E-state index in [0.29, 0.717) is 5.02 Å². The van der Waals surface area contributed by atoms with Gasteiger partial charge in [0.15, 0.2) is 0 Å². The quantitative estimate of drug-likeness (QED) is 0.845. The van der Waals surface area contributed by atoms with Crippen LogP contribution in [-0.2, 0) is 23.5 Å². The predicted octanol–water partition coefficient (Wildman–Crippen LogP) is 2.27. The van der Waals surface area contributed by atoms with Gasteiger partial charge < -0.3 is 4.57 Å². The number of aliphatic imine (C=N–C) groups is 1. The Morgan fingerprint density at radius 2 is 2.17 bits per heavy atom. The monoisotopic (exact) mass is 365 g/mol. The van der Waals surface area contributed by atoms with Crippen LogP contribution in [0.1, 0.15) is 34.0 Å². The van der Waals surface area contributed by atoms with Gasteiger partial charge in [-0.1, -0.05) is 17.7 Å². The fraction of sp³-hybridized carbons (Fsp3) is 0.250. The first-order valence-corrected chi connectivity index (χ1v) is 9.24. The molecule has 24 heavy (non-hydrogen) atoms. The van der Waals surface area contributed by atoms with Gasteiger partial charge in [-0.25, -0.2) is 18.5 Å². The Labute approximate surface area is 145 Å². The molecule has 1 unspecified atom stereocenters. The van der Waals surface area contributed by atoms with Gasteiger partial charge >= 0.3 is 0 Å². The van der Waals surface area contributed by atoms with E-state index in [1.54, 1.807) is 13.3 Å². The standard InChI is InChI=1S/C16H16ClN3O3S/c1-20-9-13(24(18,22)23)7-15(20)16(21)19-8-11-3-2-10-6-12(17)4-5-14(10)11/h4-9,11H,2-3H2,1H3,(H2,18,22,23)/b19-8+. The van der Waals surface area contributed by atoms with Crippen molar-refractivity contribution in [2.75, 3.05) is 0 Å². The van der Waals surface area contributed by atoms with Gasteiger partial charge in [-0.3, -0.25) is 4.79 Å². The number of sulfonamides is 1. The number of fused-ring (bicyclic) bond motifs is 1. The highest BCUT2D eigenvalue weighted by molar-refractivity contribution is 7.89. The second-order valence-corrected chi connectivity index (χ2v) is 7.79. The van der Waals surface area contributed by atoms with E-state index in [0.717, 1.165) is 18.4 Å². The van der Waals surface area contributed by atoms with Gasteiger partial charge in [-0.15, -0.1) is 0 Å². The minimum atomic E-state index is -3.85. The van der Waals surface area contributed by atoms with E-state index in [4.69, 9.17) is 16.7 Å². The molecule has 0 aliphatic heterocycles. The number of halogens is 1. The second kappa shape index (κ2) is 6.16. The predicted molar refractivity (Wildman–Crippen MR) is 92.1 cm³/mol. The van der Waals surface area contributed by atoms with Crippen LogP contribution in [0, 0.1) is 0 Å². The van der Waals surface area contributed by atoms with E-state index in [1.807, 2.05) is 18.2 Å². The van der Waals surface area contributed by atoms with Gasteiger partial charge in [0.2, 0.25) is 10.0 Å². The number of carbonyl (C=O) groups is 1. The van der Waals surface area contributed by atoms with Crippen molar-refractivity contribution in [1.82, 2.24) is 4.57 Å². The maximum absolute atomic E-state index is 12.3. The average molecular weight is 366 g/mol. The molecule has 0 radical (unpaired) electrons. The number of amides is 1. The summed E-state index contributed by atoms with van der Waals surface area (Å²) in [6.45, 7) is 0. The molecule has 8 heteroatoms. The van der Waals surface area contributed by atoms with Crippen molar-refractivity contribution in [2.24, 2.45) is 17.2 Å². The van der Waals surface area contributed by atoms with Crippen molar-refractivity contribution in [3.63, 3.8) is 0 Å². The molecule has 126 valence electrons. The molecule has 0 saturated heterocycles. The van der Waals surface area contributed by atoms with Crippen molar-refractivity contribution in [2.45, 2.75) is 23.7 Å². The average Bonchev–Trinajstić information content (AvgIpc) is 3.07. The summed E-state index contributed by atoms with van der Waals surface area (Å²) in [5, 5.41) is 5.77. The first-order valence-electron chi connectivity index (χ1n) is 7.31. The van der Waals surface area contributed by atoms with Crippen molar-refractivity contribution in [1.29, 1.82) is 0 Å². The van der Waals surface area contributed by atoms with Gasteiger partial charge in [-0.2, -0.15) is 0 Å².